The average Bonchev–Trinajstić information content (AvgIpc) is 2.92. The molecule has 0 aromatic heterocycles. The maximum absolute atomic E-state index is 6.69. The summed E-state index contributed by atoms with van der Waals surface area (Å²) in [6.45, 7) is 0. The van der Waals surface area contributed by atoms with Crippen LogP contribution in [-0.4, -0.2) is 0 Å². The van der Waals surface area contributed by atoms with Gasteiger partial charge in [0.2, 0.25) is 0 Å². The summed E-state index contributed by atoms with van der Waals surface area (Å²) in [5, 5.41) is 0. The molecule has 0 nitrogen and oxygen atoms in total. The van der Waals surface area contributed by atoms with Crippen molar-refractivity contribution in [3.8, 4) is 5.92 Å². The molecule has 0 aliphatic heterocycles. The van der Waals surface area contributed by atoms with Crippen LogP contribution in [0.25, 0.3) is 0 Å². The quantitative estimate of drug-likeness (QED) is 0.368. The van der Waals surface area contributed by atoms with Crippen LogP contribution < -0.4 is 0 Å². The molecule has 12 heavy (non-hydrogen) atoms. The summed E-state index contributed by atoms with van der Waals surface area (Å²) in [6, 6.07) is 9.37. The molecule has 59 valence electrons. The van der Waals surface area contributed by atoms with Gasteiger partial charge in [-0.15, -0.1) is 17.7 Å². The van der Waals surface area contributed by atoms with E-state index in [1.165, 1.54) is 12.8 Å². The molecule has 0 atom stereocenters. The second-order valence-electron chi connectivity index (χ2n) is 2.36. The fraction of sp³-hybridized carbons (Fsp3) is 0.182. The first-order valence-electron chi connectivity index (χ1n) is 3.73. The van der Waals surface area contributed by atoms with Crippen molar-refractivity contribution in [3.05, 3.63) is 48.7 Å². The Kier molecular flexibility index (Phi) is 6.90. The predicted molar refractivity (Wildman–Crippen MR) is 46.2 cm³/mol. The van der Waals surface area contributed by atoms with E-state index in [1.807, 2.05) is 30.3 Å². The molecule has 1 radical (unpaired) electrons. The Balaban J connectivity index is 0.000000257. The van der Waals surface area contributed by atoms with Gasteiger partial charge in [-0.25, -0.2) is 12.8 Å². The molecule has 1 aliphatic carbocycles. The number of rotatable bonds is 0. The minimum Gasteiger partial charge on any atom is -0.366 e. The molecule has 0 saturated heterocycles. The van der Waals surface area contributed by atoms with E-state index in [0.29, 0.717) is 0 Å². The molecular weight excluding hydrogens is 225 g/mol. The topological polar surface area (TPSA) is 0 Å². The predicted octanol–water partition coefficient (Wildman–Crippen LogP) is 2.61. The Morgan fingerprint density at radius 1 is 1.17 bits per heavy atom. The molecule has 0 spiro atoms. The van der Waals surface area contributed by atoms with Crippen molar-refractivity contribution in [2.75, 3.05) is 0 Å². The number of hydrogen-bond donors (Lipinski definition) is 0. The Hall–Kier alpha value is -0.480. The van der Waals surface area contributed by atoms with Gasteiger partial charge in [0.25, 0.3) is 0 Å². The van der Waals surface area contributed by atoms with Crippen LogP contribution in [0.15, 0.2) is 30.3 Å². The van der Waals surface area contributed by atoms with E-state index in [1.54, 1.807) is 0 Å². The van der Waals surface area contributed by atoms with Gasteiger partial charge in [-0.2, -0.15) is 0 Å². The van der Waals surface area contributed by atoms with Gasteiger partial charge >= 0.3 is 22.4 Å². The third-order valence-corrected chi connectivity index (χ3v) is 1.21. The van der Waals surface area contributed by atoms with E-state index in [0.717, 1.165) is 5.56 Å². The molecule has 2 rings (SSSR count). The molecule has 0 amide bonds. The van der Waals surface area contributed by atoms with Crippen LogP contribution in [0, 0.1) is 18.8 Å². The molecule has 0 heterocycles. The maximum atomic E-state index is 6.69. The van der Waals surface area contributed by atoms with E-state index in [2.05, 4.69) is 12.3 Å². The summed E-state index contributed by atoms with van der Waals surface area (Å²) in [5.41, 5.74) is 0.826. The van der Waals surface area contributed by atoms with Crippen LogP contribution in [0.3, 0.4) is 0 Å². The number of hydrogen-bond acceptors (Lipinski definition) is 0. The fourth-order valence-electron chi connectivity index (χ4n) is 0.521. The minimum atomic E-state index is 0. The van der Waals surface area contributed by atoms with Gasteiger partial charge in [0.05, 0.1) is 0 Å². The molecule has 0 unspecified atom stereocenters. The van der Waals surface area contributed by atoms with Crippen LogP contribution in [-0.2, 0) is 22.4 Å². The SMILES string of the molecule is [C-]#Cc1ccccc1.[CH-]1CC1.[Nb+2]. The van der Waals surface area contributed by atoms with Crippen LogP contribution in [0.2, 0.25) is 0 Å². The molecule has 1 heteroatoms. The van der Waals surface area contributed by atoms with E-state index in [4.69, 9.17) is 6.42 Å². The monoisotopic (exact) mass is 235 g/mol. The molecule has 1 aromatic carbocycles. The van der Waals surface area contributed by atoms with Crippen LogP contribution >= 0.6 is 0 Å². The second-order valence-corrected chi connectivity index (χ2v) is 2.36. The summed E-state index contributed by atoms with van der Waals surface area (Å²) in [7, 11) is 0. The number of benzene rings is 1. The summed E-state index contributed by atoms with van der Waals surface area (Å²) in [5.74, 6) is 2.28. The van der Waals surface area contributed by atoms with Crippen molar-refractivity contribution in [1.82, 2.24) is 0 Å². The average molecular weight is 235 g/mol. The Labute approximate surface area is 89.9 Å². The second kappa shape index (κ2) is 7.18. The van der Waals surface area contributed by atoms with Gasteiger partial charge in [-0.1, -0.05) is 18.2 Å². The first kappa shape index (κ1) is 11.5. The third-order valence-electron chi connectivity index (χ3n) is 1.21. The maximum Gasteiger partial charge on any atom is 2.00 e. The zero-order chi connectivity index (χ0) is 7.94. The van der Waals surface area contributed by atoms with Crippen molar-refractivity contribution in [2.45, 2.75) is 12.8 Å². The van der Waals surface area contributed by atoms with Crippen molar-refractivity contribution >= 4 is 0 Å². The van der Waals surface area contributed by atoms with E-state index < -0.39 is 0 Å². The van der Waals surface area contributed by atoms with Crippen LogP contribution in [0.1, 0.15) is 18.4 Å². The van der Waals surface area contributed by atoms with Crippen LogP contribution in [0.5, 0.6) is 0 Å². The van der Waals surface area contributed by atoms with E-state index >= 15 is 0 Å². The van der Waals surface area contributed by atoms with Gasteiger partial charge in [-0.05, 0) is 0 Å². The summed E-state index contributed by atoms with van der Waals surface area (Å²) >= 11 is 0. The summed E-state index contributed by atoms with van der Waals surface area (Å²) < 4.78 is 0. The smallest absolute Gasteiger partial charge is 0.366 e. The first-order chi connectivity index (χ1) is 5.43. The Bertz CT molecular complexity index is 228. The standard InChI is InChI=1S/C8H5.C3H5.Nb/c1-2-8-6-4-3-5-7-8;1-2-3-1;/h3-7H;1H,2-3H2;/q2*-1;+2. The molecule has 1 aromatic rings. The summed E-state index contributed by atoms with van der Waals surface area (Å²) in [4.78, 5) is 0. The third kappa shape index (κ3) is 6.24. The normalized spacial score (nSPS) is 11.2. The van der Waals surface area contributed by atoms with E-state index in [9.17, 15) is 0 Å². The van der Waals surface area contributed by atoms with Crippen molar-refractivity contribution in [1.29, 1.82) is 0 Å². The largest absolute Gasteiger partial charge is 2.00 e. The van der Waals surface area contributed by atoms with Crippen molar-refractivity contribution in [3.63, 3.8) is 0 Å². The van der Waals surface area contributed by atoms with Crippen molar-refractivity contribution < 1.29 is 22.4 Å². The Morgan fingerprint density at radius 2 is 1.67 bits per heavy atom. The molecular formula is C11H10Nb. The minimum absolute atomic E-state index is 0. The molecule has 0 N–H and O–H groups in total. The zero-order valence-corrected chi connectivity index (χ0v) is 9.02. The van der Waals surface area contributed by atoms with Gasteiger partial charge in [0.1, 0.15) is 0 Å². The molecule has 1 saturated carbocycles. The molecule has 0 bridgehead atoms. The van der Waals surface area contributed by atoms with Crippen LogP contribution in [0.4, 0.5) is 0 Å². The molecule has 1 aliphatic rings. The Morgan fingerprint density at radius 3 is 1.92 bits per heavy atom. The van der Waals surface area contributed by atoms with E-state index in [-0.39, 0.29) is 22.4 Å². The van der Waals surface area contributed by atoms with Gasteiger partial charge in [0, 0.05) is 0 Å². The molecule has 1 fully saturated rings. The van der Waals surface area contributed by atoms with Gasteiger partial charge in [-0.3, -0.25) is 5.92 Å². The fourth-order valence-corrected chi connectivity index (χ4v) is 0.521. The first-order valence-corrected chi connectivity index (χ1v) is 3.73. The summed E-state index contributed by atoms with van der Waals surface area (Å²) in [6.07, 6.45) is 11.7. The van der Waals surface area contributed by atoms with Gasteiger partial charge < -0.3 is 12.8 Å². The zero-order valence-electron chi connectivity index (χ0n) is 6.83. The van der Waals surface area contributed by atoms with Gasteiger partial charge in [0.15, 0.2) is 0 Å². The van der Waals surface area contributed by atoms with Crippen molar-refractivity contribution in [2.24, 2.45) is 0 Å².